The van der Waals surface area contributed by atoms with Gasteiger partial charge in [-0.2, -0.15) is 11.8 Å². The summed E-state index contributed by atoms with van der Waals surface area (Å²) < 4.78 is 13.1. The number of halogens is 1. The lowest BCUT2D eigenvalue weighted by atomic mass is 10.2. The van der Waals surface area contributed by atoms with Gasteiger partial charge in [0.15, 0.2) is 0 Å². The molecule has 1 amide bonds. The molecule has 0 unspecified atom stereocenters. The van der Waals surface area contributed by atoms with Crippen LogP contribution in [0.4, 0.5) is 10.2 Å². The molecule has 1 aromatic rings. The summed E-state index contributed by atoms with van der Waals surface area (Å²) in [6, 6.07) is 1.21. The average Bonchev–Trinajstić information content (AvgIpc) is 2.38. The van der Waals surface area contributed by atoms with Gasteiger partial charge in [-0.05, 0) is 24.5 Å². The molecule has 1 heterocycles. The molecule has 0 radical (unpaired) electrons. The van der Waals surface area contributed by atoms with E-state index in [0.29, 0.717) is 12.4 Å². The molecule has 0 saturated heterocycles. The minimum absolute atomic E-state index is 0.215. The lowest BCUT2D eigenvalue weighted by molar-refractivity contribution is 0.0795. The third kappa shape index (κ3) is 3.87. The largest absolute Gasteiger partial charge is 0.372 e. The number of aromatic nitrogens is 1. The first-order valence-corrected chi connectivity index (χ1v) is 7.07. The maximum absolute atomic E-state index is 13.1. The molecule has 0 spiro atoms. The third-order valence-corrected chi connectivity index (χ3v) is 3.21. The highest BCUT2D eigenvalue weighted by atomic mass is 32.2. The van der Waals surface area contributed by atoms with Crippen LogP contribution < -0.4 is 5.32 Å². The van der Waals surface area contributed by atoms with Crippen molar-refractivity contribution in [2.75, 3.05) is 38.0 Å². The van der Waals surface area contributed by atoms with Crippen molar-refractivity contribution in [3.8, 4) is 0 Å². The Kier molecular flexibility index (Phi) is 5.91. The second-order valence-electron chi connectivity index (χ2n) is 3.87. The third-order valence-electron chi connectivity index (χ3n) is 2.51. The van der Waals surface area contributed by atoms with Crippen LogP contribution in [-0.2, 0) is 0 Å². The molecule has 1 N–H and O–H groups in total. The van der Waals surface area contributed by atoms with E-state index in [2.05, 4.69) is 10.3 Å². The zero-order valence-corrected chi connectivity index (χ0v) is 11.7. The summed E-state index contributed by atoms with van der Waals surface area (Å²) in [5, 5.41) is 2.80. The van der Waals surface area contributed by atoms with Gasteiger partial charge in [-0.3, -0.25) is 4.79 Å². The Morgan fingerprint density at radius 2 is 2.33 bits per heavy atom. The Bertz CT molecular complexity index is 414. The van der Waals surface area contributed by atoms with Crippen LogP contribution in [0.5, 0.6) is 0 Å². The van der Waals surface area contributed by atoms with Crippen LogP contribution in [0.1, 0.15) is 16.8 Å². The summed E-state index contributed by atoms with van der Waals surface area (Å²) >= 11 is 1.74. The predicted octanol–water partition coefficient (Wildman–Crippen LogP) is 2.09. The molecule has 4 nitrogen and oxygen atoms in total. The summed E-state index contributed by atoms with van der Waals surface area (Å²) in [4.78, 5) is 17.6. The molecule has 0 saturated carbocycles. The van der Waals surface area contributed by atoms with E-state index in [1.165, 1.54) is 6.07 Å². The molecule has 18 heavy (non-hydrogen) atoms. The quantitative estimate of drug-likeness (QED) is 0.805. The van der Waals surface area contributed by atoms with Crippen LogP contribution in [0, 0.1) is 5.82 Å². The minimum Gasteiger partial charge on any atom is -0.372 e. The molecule has 0 bridgehead atoms. The van der Waals surface area contributed by atoms with Gasteiger partial charge in [0.05, 0.1) is 11.8 Å². The van der Waals surface area contributed by atoms with Gasteiger partial charge in [-0.15, -0.1) is 0 Å². The molecule has 0 aromatic carbocycles. The van der Waals surface area contributed by atoms with E-state index in [0.717, 1.165) is 18.4 Å². The Morgan fingerprint density at radius 3 is 2.94 bits per heavy atom. The molecule has 1 rings (SSSR count). The first-order valence-electron chi connectivity index (χ1n) is 5.67. The highest BCUT2D eigenvalue weighted by Crippen LogP contribution is 2.15. The van der Waals surface area contributed by atoms with Crippen LogP contribution in [0.25, 0.3) is 0 Å². The van der Waals surface area contributed by atoms with Gasteiger partial charge >= 0.3 is 0 Å². The van der Waals surface area contributed by atoms with E-state index in [1.54, 1.807) is 30.8 Å². The first kappa shape index (κ1) is 14.8. The van der Waals surface area contributed by atoms with Crippen molar-refractivity contribution < 1.29 is 9.18 Å². The van der Waals surface area contributed by atoms with Crippen LogP contribution >= 0.6 is 11.8 Å². The molecule has 0 aliphatic rings. The molecule has 0 atom stereocenters. The second kappa shape index (κ2) is 7.20. The normalized spacial score (nSPS) is 10.2. The summed E-state index contributed by atoms with van der Waals surface area (Å²) in [5.41, 5.74) is 0.268. The van der Waals surface area contributed by atoms with Crippen molar-refractivity contribution in [3.63, 3.8) is 0 Å². The van der Waals surface area contributed by atoms with Crippen LogP contribution in [0.3, 0.4) is 0 Å². The molecule has 0 aliphatic heterocycles. The number of hydrogen-bond donors (Lipinski definition) is 1. The van der Waals surface area contributed by atoms with Crippen molar-refractivity contribution in [2.45, 2.75) is 6.42 Å². The SMILES string of the molecule is CNc1ncc(F)cc1C(=O)N(C)CCCSC. The topological polar surface area (TPSA) is 45.2 Å². The summed E-state index contributed by atoms with van der Waals surface area (Å²) in [7, 11) is 3.37. The number of amides is 1. The Balaban J connectivity index is 2.79. The monoisotopic (exact) mass is 271 g/mol. The number of nitrogens with zero attached hydrogens (tertiary/aromatic N) is 2. The molecular formula is C12H18FN3OS. The molecule has 6 heteroatoms. The van der Waals surface area contributed by atoms with E-state index >= 15 is 0 Å². The van der Waals surface area contributed by atoms with E-state index in [4.69, 9.17) is 0 Å². The molecule has 1 aromatic heterocycles. The van der Waals surface area contributed by atoms with E-state index in [1.807, 2.05) is 6.26 Å². The zero-order chi connectivity index (χ0) is 13.5. The van der Waals surface area contributed by atoms with Crippen molar-refractivity contribution in [2.24, 2.45) is 0 Å². The standard InChI is InChI=1S/C12H18FN3OS/c1-14-11-10(7-9(13)8-15-11)12(17)16(2)5-4-6-18-3/h7-8H,4-6H2,1-3H3,(H,14,15). The van der Waals surface area contributed by atoms with Gasteiger partial charge in [-0.25, -0.2) is 9.37 Å². The Labute approximate surface area is 111 Å². The van der Waals surface area contributed by atoms with E-state index in [-0.39, 0.29) is 11.5 Å². The molecule has 0 fully saturated rings. The van der Waals surface area contributed by atoms with Crippen LogP contribution in [0.2, 0.25) is 0 Å². The number of carbonyl (C=O) groups is 1. The number of anilines is 1. The van der Waals surface area contributed by atoms with Crippen molar-refractivity contribution in [3.05, 3.63) is 23.6 Å². The number of nitrogens with one attached hydrogen (secondary N) is 1. The highest BCUT2D eigenvalue weighted by Gasteiger charge is 2.17. The predicted molar refractivity (Wildman–Crippen MR) is 73.7 cm³/mol. The average molecular weight is 271 g/mol. The van der Waals surface area contributed by atoms with Gasteiger partial charge in [0.25, 0.3) is 5.91 Å². The van der Waals surface area contributed by atoms with Gasteiger partial charge in [-0.1, -0.05) is 0 Å². The van der Waals surface area contributed by atoms with Crippen molar-refractivity contribution >= 4 is 23.5 Å². The Morgan fingerprint density at radius 1 is 1.61 bits per heavy atom. The minimum atomic E-state index is -0.505. The summed E-state index contributed by atoms with van der Waals surface area (Å²) in [5.74, 6) is 0.679. The Hall–Kier alpha value is -1.30. The fourth-order valence-electron chi connectivity index (χ4n) is 1.55. The highest BCUT2D eigenvalue weighted by molar-refractivity contribution is 7.98. The number of pyridine rings is 1. The van der Waals surface area contributed by atoms with Crippen LogP contribution in [-0.4, -0.2) is 48.4 Å². The van der Waals surface area contributed by atoms with E-state index < -0.39 is 5.82 Å². The number of thioether (sulfide) groups is 1. The molecule has 100 valence electrons. The number of hydrogen-bond acceptors (Lipinski definition) is 4. The lowest BCUT2D eigenvalue weighted by Gasteiger charge is -2.18. The fourth-order valence-corrected chi connectivity index (χ4v) is 1.97. The molecular weight excluding hydrogens is 253 g/mol. The number of carbonyl (C=O) groups excluding carboxylic acids is 1. The first-order chi connectivity index (χ1) is 8.60. The summed E-state index contributed by atoms with van der Waals surface area (Å²) in [6.07, 6.45) is 4.04. The smallest absolute Gasteiger partial charge is 0.257 e. The maximum Gasteiger partial charge on any atom is 0.257 e. The zero-order valence-electron chi connectivity index (χ0n) is 10.9. The van der Waals surface area contributed by atoms with Gasteiger partial charge in [0.1, 0.15) is 11.6 Å². The maximum atomic E-state index is 13.1. The lowest BCUT2D eigenvalue weighted by Crippen LogP contribution is -2.29. The molecule has 0 aliphatic carbocycles. The van der Waals surface area contributed by atoms with Gasteiger partial charge in [0, 0.05) is 20.6 Å². The van der Waals surface area contributed by atoms with Gasteiger partial charge < -0.3 is 10.2 Å². The van der Waals surface area contributed by atoms with Crippen molar-refractivity contribution in [1.82, 2.24) is 9.88 Å². The number of rotatable bonds is 6. The summed E-state index contributed by atoms with van der Waals surface area (Å²) in [6.45, 7) is 0.652. The fraction of sp³-hybridized carbons (Fsp3) is 0.500. The van der Waals surface area contributed by atoms with E-state index in [9.17, 15) is 9.18 Å². The van der Waals surface area contributed by atoms with Crippen molar-refractivity contribution in [1.29, 1.82) is 0 Å². The second-order valence-corrected chi connectivity index (χ2v) is 4.86. The van der Waals surface area contributed by atoms with Crippen LogP contribution in [0.15, 0.2) is 12.3 Å². The van der Waals surface area contributed by atoms with Gasteiger partial charge in [0.2, 0.25) is 0 Å².